The average molecular weight is 630 g/mol. The van der Waals surface area contributed by atoms with Crippen LogP contribution in [0.2, 0.25) is 0 Å². The lowest BCUT2D eigenvalue weighted by atomic mass is 9.82. The maximum atomic E-state index is 13.8. The summed E-state index contributed by atoms with van der Waals surface area (Å²) in [5.41, 5.74) is 2.17. The highest BCUT2D eigenvalue weighted by molar-refractivity contribution is 6.41. The van der Waals surface area contributed by atoms with Crippen LogP contribution >= 0.6 is 0 Å². The Morgan fingerprint density at radius 3 is 1.15 bits per heavy atom. The zero-order valence-electron chi connectivity index (χ0n) is 27.8. The van der Waals surface area contributed by atoms with Gasteiger partial charge >= 0.3 is 0 Å². The van der Waals surface area contributed by atoms with Crippen molar-refractivity contribution in [1.29, 1.82) is 0 Å². The van der Waals surface area contributed by atoms with Gasteiger partial charge in [-0.25, -0.2) is 0 Å². The van der Waals surface area contributed by atoms with Gasteiger partial charge in [-0.3, -0.25) is 29.0 Å². The van der Waals surface area contributed by atoms with Crippen molar-refractivity contribution in [1.82, 2.24) is 14.7 Å². The summed E-state index contributed by atoms with van der Waals surface area (Å²) in [6.45, 7) is 3.57. The molecule has 7 nitrogen and oxygen atoms in total. The molecule has 0 unspecified atom stereocenters. The fraction of sp³-hybridized carbons (Fsp3) is 0.400. The molecular formula is C40H43N3O4. The maximum Gasteiger partial charge on any atom is 0.261 e. The van der Waals surface area contributed by atoms with E-state index in [1.54, 1.807) is 0 Å². The topological polar surface area (TPSA) is 78.0 Å². The number of carbonyl (C=O) groups is 4. The summed E-state index contributed by atoms with van der Waals surface area (Å²) in [6, 6.07) is 15.2. The SMILES string of the molecule is CCCCCCCCCCCCN1C(=O)c2ccc3c4ccc5c6c(ccc(c7ccc(c2c37)C1=O)c64)C(=O)N(CCN(C)C)C5=O. The number of hydrogen-bond acceptors (Lipinski definition) is 5. The molecule has 4 amide bonds. The molecule has 0 bridgehead atoms. The summed E-state index contributed by atoms with van der Waals surface area (Å²) in [7, 11) is 3.84. The third kappa shape index (κ3) is 5.16. The van der Waals surface area contributed by atoms with Gasteiger partial charge in [0.05, 0.1) is 0 Å². The second-order valence-electron chi connectivity index (χ2n) is 13.7. The Balaban J connectivity index is 1.20. The third-order valence-corrected chi connectivity index (χ3v) is 10.3. The Morgan fingerprint density at radius 1 is 0.447 bits per heavy atom. The molecule has 0 saturated carbocycles. The molecule has 0 aliphatic carbocycles. The van der Waals surface area contributed by atoms with E-state index in [4.69, 9.17) is 0 Å². The van der Waals surface area contributed by atoms with E-state index in [0.717, 1.165) is 51.6 Å². The van der Waals surface area contributed by atoms with Gasteiger partial charge in [-0.1, -0.05) is 89.0 Å². The lowest BCUT2D eigenvalue weighted by Gasteiger charge is -2.30. The second kappa shape index (κ2) is 12.7. The molecule has 0 spiro atoms. The van der Waals surface area contributed by atoms with E-state index in [-0.39, 0.29) is 23.6 Å². The quantitative estimate of drug-likeness (QED) is 0.0533. The molecule has 242 valence electrons. The summed E-state index contributed by atoms with van der Waals surface area (Å²) in [5, 5.41) is 6.79. The van der Waals surface area contributed by atoms with Crippen LogP contribution in [0.5, 0.6) is 0 Å². The van der Waals surface area contributed by atoms with Crippen LogP contribution in [0, 0.1) is 0 Å². The second-order valence-corrected chi connectivity index (χ2v) is 13.7. The number of unbranched alkanes of at least 4 members (excludes halogenated alkanes) is 9. The molecule has 7 rings (SSSR count). The molecule has 0 radical (unpaired) electrons. The molecule has 0 fully saturated rings. The Kier molecular flexibility index (Phi) is 8.43. The standard InChI is InChI=1S/C40H43N3O4/c1-4-5-6-7-8-9-10-11-12-13-22-42-37(44)29-18-14-25-27-16-20-31-36-32(40(47)43(39(31)46)24-23-41(2)3)21-17-28(34(27)36)26-15-19-30(38(42)45)35(29)33(25)26/h14-21H,4-13,22-24H2,1-3H3. The average Bonchev–Trinajstić information content (AvgIpc) is 3.07. The first-order valence-electron chi connectivity index (χ1n) is 17.4. The van der Waals surface area contributed by atoms with Crippen LogP contribution < -0.4 is 0 Å². The van der Waals surface area contributed by atoms with Crippen LogP contribution in [0.4, 0.5) is 0 Å². The van der Waals surface area contributed by atoms with Crippen molar-refractivity contribution in [3.05, 3.63) is 70.8 Å². The summed E-state index contributed by atoms with van der Waals surface area (Å²) in [6.07, 6.45) is 11.9. The highest BCUT2D eigenvalue weighted by Crippen LogP contribution is 2.46. The van der Waals surface area contributed by atoms with E-state index in [9.17, 15) is 19.2 Å². The summed E-state index contributed by atoms with van der Waals surface area (Å²) in [5.74, 6) is -1.01. The van der Waals surface area contributed by atoms with Crippen LogP contribution in [0.1, 0.15) is 113 Å². The fourth-order valence-electron chi connectivity index (χ4n) is 7.83. The monoisotopic (exact) mass is 629 g/mol. The molecule has 2 heterocycles. The number of nitrogens with zero attached hydrogens (tertiary/aromatic N) is 3. The van der Waals surface area contributed by atoms with Crippen LogP contribution in [-0.4, -0.2) is 72.1 Å². The third-order valence-electron chi connectivity index (χ3n) is 10.3. The summed E-state index contributed by atoms with van der Waals surface area (Å²) >= 11 is 0. The number of benzene rings is 5. The number of carbonyl (C=O) groups excluding carboxylic acids is 4. The van der Waals surface area contributed by atoms with Crippen LogP contribution in [-0.2, 0) is 0 Å². The first-order valence-corrected chi connectivity index (χ1v) is 17.4. The minimum atomic E-state index is -0.275. The van der Waals surface area contributed by atoms with Gasteiger partial charge < -0.3 is 4.90 Å². The Labute approximate surface area is 275 Å². The van der Waals surface area contributed by atoms with Gasteiger partial charge in [0, 0.05) is 52.7 Å². The van der Waals surface area contributed by atoms with E-state index in [2.05, 4.69) is 6.92 Å². The highest BCUT2D eigenvalue weighted by atomic mass is 16.2. The minimum Gasteiger partial charge on any atom is -0.308 e. The van der Waals surface area contributed by atoms with Crippen molar-refractivity contribution in [3.63, 3.8) is 0 Å². The maximum absolute atomic E-state index is 13.8. The van der Waals surface area contributed by atoms with E-state index < -0.39 is 0 Å². The molecule has 0 aromatic heterocycles. The molecule has 47 heavy (non-hydrogen) atoms. The molecule has 0 atom stereocenters. The van der Waals surface area contributed by atoms with Gasteiger partial charge in [0.15, 0.2) is 0 Å². The highest BCUT2D eigenvalue weighted by Gasteiger charge is 2.36. The lowest BCUT2D eigenvalue weighted by molar-refractivity contribution is 0.0588. The van der Waals surface area contributed by atoms with E-state index >= 15 is 0 Å². The van der Waals surface area contributed by atoms with E-state index in [1.165, 1.54) is 54.7 Å². The number of amides is 4. The fourth-order valence-corrected chi connectivity index (χ4v) is 7.83. The van der Waals surface area contributed by atoms with Crippen molar-refractivity contribution in [2.75, 3.05) is 33.7 Å². The van der Waals surface area contributed by atoms with Gasteiger partial charge in [0.1, 0.15) is 0 Å². The normalized spacial score (nSPS) is 14.8. The Bertz CT molecular complexity index is 1940. The largest absolute Gasteiger partial charge is 0.308 e. The molecule has 5 aromatic rings. The number of likely N-dealkylation sites (N-methyl/N-ethyl adjacent to an activating group) is 1. The van der Waals surface area contributed by atoms with Gasteiger partial charge in [-0.05, 0) is 77.1 Å². The van der Waals surface area contributed by atoms with Crippen molar-refractivity contribution in [3.8, 4) is 0 Å². The van der Waals surface area contributed by atoms with Gasteiger partial charge in [-0.15, -0.1) is 0 Å². The molecule has 5 aromatic carbocycles. The van der Waals surface area contributed by atoms with Crippen molar-refractivity contribution in [2.24, 2.45) is 0 Å². The van der Waals surface area contributed by atoms with Gasteiger partial charge in [0.2, 0.25) is 0 Å². The smallest absolute Gasteiger partial charge is 0.261 e. The van der Waals surface area contributed by atoms with Crippen molar-refractivity contribution >= 4 is 66.7 Å². The zero-order valence-corrected chi connectivity index (χ0v) is 27.8. The molecule has 7 heteroatoms. The van der Waals surface area contributed by atoms with Crippen LogP contribution in [0.25, 0.3) is 43.1 Å². The molecule has 0 saturated heterocycles. The number of hydrogen-bond donors (Lipinski definition) is 0. The van der Waals surface area contributed by atoms with Crippen molar-refractivity contribution < 1.29 is 19.2 Å². The first kappa shape index (κ1) is 31.3. The lowest BCUT2D eigenvalue weighted by Crippen LogP contribution is -2.43. The predicted molar refractivity (Wildman–Crippen MR) is 189 cm³/mol. The summed E-state index contributed by atoms with van der Waals surface area (Å²) in [4.78, 5) is 59.6. The summed E-state index contributed by atoms with van der Waals surface area (Å²) < 4.78 is 0. The predicted octanol–water partition coefficient (Wildman–Crippen LogP) is 8.41. The molecule has 0 N–H and O–H groups in total. The molecule has 2 aliphatic rings. The number of rotatable bonds is 14. The van der Waals surface area contributed by atoms with Crippen LogP contribution in [0.15, 0.2) is 48.5 Å². The van der Waals surface area contributed by atoms with Gasteiger partial charge in [-0.2, -0.15) is 0 Å². The number of fused-ring (bicyclic) bond motifs is 2. The van der Waals surface area contributed by atoms with Crippen molar-refractivity contribution in [2.45, 2.75) is 71.1 Å². The first-order chi connectivity index (χ1) is 22.8. The van der Waals surface area contributed by atoms with Crippen LogP contribution in [0.3, 0.4) is 0 Å². The number of imide groups is 2. The molecule has 2 aliphatic heterocycles. The zero-order chi connectivity index (χ0) is 32.8. The van der Waals surface area contributed by atoms with E-state index in [0.29, 0.717) is 52.7 Å². The van der Waals surface area contributed by atoms with E-state index in [1.807, 2.05) is 67.5 Å². The Morgan fingerprint density at radius 2 is 0.787 bits per heavy atom. The van der Waals surface area contributed by atoms with Gasteiger partial charge in [0.25, 0.3) is 23.6 Å². The minimum absolute atomic E-state index is 0.229. The molecular weight excluding hydrogens is 586 g/mol. The Hall–Kier alpha value is -4.36.